The summed E-state index contributed by atoms with van der Waals surface area (Å²) in [5, 5.41) is 7.11. The third kappa shape index (κ3) is 3.26. The lowest BCUT2D eigenvalue weighted by molar-refractivity contribution is -0.159. The lowest BCUT2D eigenvalue weighted by Gasteiger charge is -2.01. The molecule has 0 atom stereocenters. The Kier molecular flexibility index (Phi) is 3.84. The van der Waals surface area contributed by atoms with Gasteiger partial charge in [0.05, 0.1) is 18.1 Å². The van der Waals surface area contributed by atoms with Gasteiger partial charge >= 0.3 is 12.1 Å². The van der Waals surface area contributed by atoms with Crippen LogP contribution >= 0.6 is 10.7 Å². The quantitative estimate of drug-likeness (QED) is 0.651. The molecule has 0 fully saturated rings. The molecule has 0 unspecified atom stereocenters. The maximum atomic E-state index is 12.4. The van der Waals surface area contributed by atoms with Gasteiger partial charge in [0.15, 0.2) is 0 Å². The summed E-state index contributed by atoms with van der Waals surface area (Å²) in [7, 11) is 1.30. The SMILES string of the molecule is O=S(=O)(Cl)c1cnn(-c2ccc(-c3noc(C(F)(F)F)n3)cc2)c1. The standard InChI is InChI=1S/C12H6ClF3N4O3S/c13-24(21,22)9-5-17-20(6-9)8-3-1-7(2-4-8)10-18-11(23-19-10)12(14,15)16/h1-6H. The maximum absolute atomic E-state index is 12.4. The van der Waals surface area contributed by atoms with Crippen LogP contribution in [0.25, 0.3) is 17.1 Å². The molecule has 1 aromatic carbocycles. The summed E-state index contributed by atoms with van der Waals surface area (Å²) in [6.07, 6.45) is -2.44. The summed E-state index contributed by atoms with van der Waals surface area (Å²) in [4.78, 5) is 3.09. The molecule has 126 valence electrons. The number of aromatic nitrogens is 4. The van der Waals surface area contributed by atoms with Crippen LogP contribution in [0.3, 0.4) is 0 Å². The predicted octanol–water partition coefficient (Wildman–Crippen LogP) is 2.87. The van der Waals surface area contributed by atoms with E-state index in [0.717, 1.165) is 6.20 Å². The van der Waals surface area contributed by atoms with Crippen molar-refractivity contribution in [1.82, 2.24) is 19.9 Å². The van der Waals surface area contributed by atoms with E-state index in [9.17, 15) is 21.6 Å². The second-order valence-corrected chi connectivity index (χ2v) is 7.09. The lowest BCUT2D eigenvalue weighted by atomic mass is 10.2. The zero-order valence-electron chi connectivity index (χ0n) is 11.4. The van der Waals surface area contributed by atoms with Gasteiger partial charge in [-0.3, -0.25) is 0 Å². The minimum atomic E-state index is -4.72. The molecular formula is C12H6ClF3N4O3S. The van der Waals surface area contributed by atoms with E-state index in [0.29, 0.717) is 5.69 Å². The van der Waals surface area contributed by atoms with Gasteiger partial charge in [0.2, 0.25) is 5.82 Å². The van der Waals surface area contributed by atoms with Crippen molar-refractivity contribution in [2.75, 3.05) is 0 Å². The highest BCUT2D eigenvalue weighted by Crippen LogP contribution is 2.29. The minimum Gasteiger partial charge on any atom is -0.329 e. The molecule has 0 saturated carbocycles. The fourth-order valence-corrected chi connectivity index (χ4v) is 2.43. The van der Waals surface area contributed by atoms with Gasteiger partial charge in [-0.25, -0.2) is 13.1 Å². The molecule has 0 spiro atoms. The van der Waals surface area contributed by atoms with Crippen LogP contribution < -0.4 is 0 Å². The smallest absolute Gasteiger partial charge is 0.329 e. The zero-order valence-corrected chi connectivity index (χ0v) is 13.0. The molecule has 0 N–H and O–H groups in total. The second-order valence-electron chi connectivity index (χ2n) is 4.53. The van der Waals surface area contributed by atoms with E-state index in [4.69, 9.17) is 10.7 Å². The number of alkyl halides is 3. The molecule has 3 aromatic rings. The third-order valence-corrected chi connectivity index (χ3v) is 4.21. The van der Waals surface area contributed by atoms with Gasteiger partial charge in [0.1, 0.15) is 4.90 Å². The summed E-state index contributed by atoms with van der Waals surface area (Å²) < 4.78 is 65.1. The normalized spacial score (nSPS) is 12.5. The largest absolute Gasteiger partial charge is 0.471 e. The first-order chi connectivity index (χ1) is 11.1. The van der Waals surface area contributed by atoms with Gasteiger partial charge in [-0.15, -0.1) is 0 Å². The average Bonchev–Trinajstić information content (AvgIpc) is 3.16. The summed E-state index contributed by atoms with van der Waals surface area (Å²) in [6.45, 7) is 0. The number of benzene rings is 1. The molecule has 0 radical (unpaired) electrons. The molecule has 2 heterocycles. The summed E-state index contributed by atoms with van der Waals surface area (Å²) >= 11 is 0. The van der Waals surface area contributed by atoms with Crippen molar-refractivity contribution in [3.8, 4) is 17.1 Å². The number of hydrogen-bond acceptors (Lipinski definition) is 6. The van der Waals surface area contributed by atoms with Gasteiger partial charge < -0.3 is 4.52 Å². The molecule has 0 aliphatic rings. The molecule has 0 bridgehead atoms. The fraction of sp³-hybridized carbons (Fsp3) is 0.0833. The Morgan fingerprint density at radius 1 is 1.17 bits per heavy atom. The first kappa shape index (κ1) is 16.5. The molecule has 3 rings (SSSR count). The maximum Gasteiger partial charge on any atom is 0.471 e. The van der Waals surface area contributed by atoms with Crippen molar-refractivity contribution in [1.29, 1.82) is 0 Å². The third-order valence-electron chi connectivity index (χ3n) is 2.90. The van der Waals surface area contributed by atoms with Crippen LogP contribution in [-0.2, 0) is 15.2 Å². The van der Waals surface area contributed by atoms with Gasteiger partial charge in [-0.2, -0.15) is 23.3 Å². The average molecular weight is 379 g/mol. The molecule has 0 saturated heterocycles. The minimum absolute atomic E-state index is 0.179. The van der Waals surface area contributed by atoms with E-state index >= 15 is 0 Å². The van der Waals surface area contributed by atoms with Gasteiger partial charge in [0, 0.05) is 16.2 Å². The Balaban J connectivity index is 1.88. The Morgan fingerprint density at radius 3 is 2.33 bits per heavy atom. The van der Waals surface area contributed by atoms with E-state index in [1.165, 1.54) is 35.1 Å². The number of nitrogens with zero attached hydrogens (tertiary/aromatic N) is 4. The number of rotatable bonds is 3. The van der Waals surface area contributed by atoms with Crippen LogP contribution in [0.1, 0.15) is 5.89 Å². The van der Waals surface area contributed by atoms with Gasteiger partial charge in [0.25, 0.3) is 9.05 Å². The highest BCUT2D eigenvalue weighted by Gasteiger charge is 2.38. The van der Waals surface area contributed by atoms with E-state index in [-0.39, 0.29) is 16.3 Å². The highest BCUT2D eigenvalue weighted by atomic mass is 35.7. The fourth-order valence-electron chi connectivity index (χ4n) is 1.79. The molecule has 2 aromatic heterocycles. The molecule has 24 heavy (non-hydrogen) atoms. The van der Waals surface area contributed by atoms with Crippen LogP contribution in [0.4, 0.5) is 13.2 Å². The Morgan fingerprint density at radius 2 is 1.83 bits per heavy atom. The Hall–Kier alpha value is -2.40. The van der Waals surface area contributed by atoms with Crippen LogP contribution in [-0.4, -0.2) is 28.3 Å². The monoisotopic (exact) mass is 378 g/mol. The molecule has 0 aliphatic carbocycles. The molecule has 7 nitrogen and oxygen atoms in total. The lowest BCUT2D eigenvalue weighted by Crippen LogP contribution is -2.04. The summed E-state index contributed by atoms with van der Waals surface area (Å²) in [5.41, 5.74) is 0.750. The topological polar surface area (TPSA) is 90.9 Å². The summed E-state index contributed by atoms with van der Waals surface area (Å²) in [5.74, 6) is -1.66. The van der Waals surface area contributed by atoms with Crippen LogP contribution in [0, 0.1) is 0 Å². The Labute approximate surface area is 137 Å². The van der Waals surface area contributed by atoms with Crippen molar-refractivity contribution in [2.45, 2.75) is 11.1 Å². The van der Waals surface area contributed by atoms with E-state index in [1.807, 2.05) is 0 Å². The van der Waals surface area contributed by atoms with Gasteiger partial charge in [-0.05, 0) is 24.3 Å². The zero-order chi connectivity index (χ0) is 17.5. The van der Waals surface area contributed by atoms with E-state index in [2.05, 4.69) is 19.8 Å². The number of halogens is 4. The van der Waals surface area contributed by atoms with Crippen LogP contribution in [0.2, 0.25) is 0 Å². The number of hydrogen-bond donors (Lipinski definition) is 0. The molecule has 0 amide bonds. The molecule has 0 aliphatic heterocycles. The van der Waals surface area contributed by atoms with Crippen LogP contribution in [0.15, 0.2) is 46.1 Å². The molecular weight excluding hydrogens is 373 g/mol. The highest BCUT2D eigenvalue weighted by molar-refractivity contribution is 8.13. The van der Waals surface area contributed by atoms with Crippen molar-refractivity contribution in [3.05, 3.63) is 42.5 Å². The predicted molar refractivity (Wildman–Crippen MR) is 74.9 cm³/mol. The molecule has 12 heteroatoms. The first-order valence-electron chi connectivity index (χ1n) is 6.15. The van der Waals surface area contributed by atoms with Crippen molar-refractivity contribution in [2.24, 2.45) is 0 Å². The second kappa shape index (κ2) is 5.60. The van der Waals surface area contributed by atoms with E-state index < -0.39 is 21.1 Å². The first-order valence-corrected chi connectivity index (χ1v) is 8.46. The van der Waals surface area contributed by atoms with Crippen LogP contribution in [0.5, 0.6) is 0 Å². The van der Waals surface area contributed by atoms with Crippen molar-refractivity contribution < 1.29 is 26.1 Å². The van der Waals surface area contributed by atoms with Crippen molar-refractivity contribution >= 4 is 19.7 Å². The summed E-state index contributed by atoms with van der Waals surface area (Å²) in [6, 6.07) is 5.88. The Bertz CT molecular complexity index is 980. The van der Waals surface area contributed by atoms with E-state index in [1.54, 1.807) is 0 Å². The van der Waals surface area contributed by atoms with Crippen molar-refractivity contribution in [3.63, 3.8) is 0 Å². The van der Waals surface area contributed by atoms with Gasteiger partial charge in [-0.1, -0.05) is 5.16 Å².